The van der Waals surface area contributed by atoms with E-state index < -0.39 is 22.9 Å². The Balaban J connectivity index is 1.32. The zero-order chi connectivity index (χ0) is 34.9. The van der Waals surface area contributed by atoms with Gasteiger partial charge in [0, 0.05) is 36.8 Å². The summed E-state index contributed by atoms with van der Waals surface area (Å²) >= 11 is -0.251. The van der Waals surface area contributed by atoms with Gasteiger partial charge in [-0.3, -0.25) is 14.4 Å². The van der Waals surface area contributed by atoms with Crippen LogP contribution in [-0.2, 0) is 22.5 Å². The molecule has 5 heterocycles. The fourth-order valence-corrected chi connectivity index (χ4v) is 6.33. The number of thioether (sulfide) groups is 1. The van der Waals surface area contributed by atoms with Crippen LogP contribution in [0.15, 0.2) is 46.4 Å². The van der Waals surface area contributed by atoms with E-state index in [0.29, 0.717) is 48.9 Å². The van der Waals surface area contributed by atoms with Gasteiger partial charge < -0.3 is 29.5 Å². The predicted octanol–water partition coefficient (Wildman–Crippen LogP) is 3.27. The van der Waals surface area contributed by atoms with Crippen LogP contribution < -0.4 is 15.8 Å². The van der Waals surface area contributed by atoms with Gasteiger partial charge in [0.2, 0.25) is 11.7 Å². The third-order valence-electron chi connectivity index (χ3n) is 8.18. The number of anilines is 2. The number of alkyl halides is 3. The van der Waals surface area contributed by atoms with E-state index in [-0.39, 0.29) is 72.3 Å². The lowest BCUT2D eigenvalue weighted by atomic mass is 10.1. The summed E-state index contributed by atoms with van der Waals surface area (Å²) in [6, 6.07) is 5.31. The van der Waals surface area contributed by atoms with Gasteiger partial charge in [0.25, 0.3) is 11.5 Å². The zero-order valence-corrected chi connectivity index (χ0v) is 27.3. The molecule has 0 bridgehead atoms. The number of ether oxygens (including phenoxy) is 1. The number of hydrogen-bond acceptors (Lipinski definition) is 11. The third-order valence-corrected chi connectivity index (χ3v) is 8.91. The van der Waals surface area contributed by atoms with Crippen molar-refractivity contribution in [1.82, 2.24) is 34.0 Å². The van der Waals surface area contributed by atoms with E-state index in [0.717, 1.165) is 5.57 Å². The number of aromatic hydroxyl groups is 1. The molecule has 1 saturated heterocycles. The highest BCUT2D eigenvalue weighted by atomic mass is 32.2. The molecule has 2 N–H and O–H groups in total. The minimum atomic E-state index is -4.44. The van der Waals surface area contributed by atoms with Crippen molar-refractivity contribution >= 4 is 46.3 Å². The molecule has 0 spiro atoms. The quantitative estimate of drug-likeness (QED) is 0.260. The second-order valence-electron chi connectivity index (χ2n) is 11.3. The second kappa shape index (κ2) is 13.9. The number of benzene rings is 1. The lowest BCUT2D eigenvalue weighted by Crippen LogP contribution is -2.51. The van der Waals surface area contributed by atoms with Gasteiger partial charge in [0.15, 0.2) is 17.3 Å². The van der Waals surface area contributed by atoms with Crippen LogP contribution in [0.4, 0.5) is 24.5 Å². The van der Waals surface area contributed by atoms with Gasteiger partial charge in [-0.2, -0.15) is 22.7 Å². The van der Waals surface area contributed by atoms with Crippen molar-refractivity contribution in [3.63, 3.8) is 0 Å². The first-order valence-electron chi connectivity index (χ1n) is 15.4. The lowest BCUT2D eigenvalue weighted by Gasteiger charge is -2.36. The molecule has 1 fully saturated rings. The van der Waals surface area contributed by atoms with Crippen molar-refractivity contribution in [3.8, 4) is 5.75 Å². The van der Waals surface area contributed by atoms with Crippen molar-refractivity contribution in [1.29, 1.82) is 0 Å². The van der Waals surface area contributed by atoms with Crippen molar-refractivity contribution in [2.45, 2.75) is 43.6 Å². The number of nitrogens with one attached hydrogen (secondary N) is 1. The Morgan fingerprint density at radius 3 is 2.49 bits per heavy atom. The minimum Gasteiger partial charge on any atom is -0.504 e. The number of rotatable bonds is 8. The molecule has 14 nitrogen and oxygen atoms in total. The number of hydrogen-bond donors (Lipinski definition) is 2. The van der Waals surface area contributed by atoms with Gasteiger partial charge in [-0.1, -0.05) is 13.0 Å². The van der Waals surface area contributed by atoms with Crippen LogP contribution in [0.1, 0.15) is 41.0 Å². The zero-order valence-electron chi connectivity index (χ0n) is 26.5. The normalized spacial score (nSPS) is 15.4. The Labute approximate surface area is 281 Å². The number of halogens is 3. The summed E-state index contributed by atoms with van der Waals surface area (Å²) in [6.45, 7) is 4.96. The predicted molar refractivity (Wildman–Crippen MR) is 174 cm³/mol. The lowest BCUT2D eigenvalue weighted by molar-refractivity contribution is -0.116. The van der Waals surface area contributed by atoms with E-state index in [9.17, 15) is 32.7 Å². The third kappa shape index (κ3) is 7.24. The maximum absolute atomic E-state index is 14.1. The van der Waals surface area contributed by atoms with Gasteiger partial charge in [-0.25, -0.2) is 9.97 Å². The van der Waals surface area contributed by atoms with Crippen molar-refractivity contribution in [2.75, 3.05) is 49.6 Å². The molecule has 0 atom stereocenters. The summed E-state index contributed by atoms with van der Waals surface area (Å²) in [4.78, 5) is 56.7. The van der Waals surface area contributed by atoms with Gasteiger partial charge >= 0.3 is 5.51 Å². The van der Waals surface area contributed by atoms with Crippen LogP contribution in [0, 0.1) is 6.92 Å². The van der Waals surface area contributed by atoms with Gasteiger partial charge in [-0.05, 0) is 61.4 Å². The molecule has 4 aromatic rings. The first-order chi connectivity index (χ1) is 23.4. The first kappa shape index (κ1) is 33.9. The number of amides is 2. The molecule has 0 aliphatic carbocycles. The Morgan fingerprint density at radius 1 is 1.10 bits per heavy atom. The van der Waals surface area contributed by atoms with Crippen LogP contribution in [0.2, 0.25) is 0 Å². The van der Waals surface area contributed by atoms with Gasteiger partial charge in [0.05, 0.1) is 24.6 Å². The number of carbonyl (C=O) groups excluding carboxylic acids is 2. The van der Waals surface area contributed by atoms with Crippen LogP contribution in [0.25, 0.3) is 11.4 Å². The Kier molecular flexibility index (Phi) is 9.60. The van der Waals surface area contributed by atoms with E-state index in [1.807, 2.05) is 17.9 Å². The molecule has 0 radical (unpaired) electrons. The number of aryl methyl sites for hydroxylation is 1. The summed E-state index contributed by atoms with van der Waals surface area (Å²) < 4.78 is 46.5. The molecule has 2 amide bonds. The molecule has 2 aliphatic heterocycles. The average molecular weight is 700 g/mol. The molecular formula is C31H32F3N9O5S. The second-order valence-corrected chi connectivity index (χ2v) is 12.4. The first-order valence-corrected chi connectivity index (χ1v) is 16.2. The SMILES string of the molecule is CCc1c(N2CCN(C(=O)c3ncnc(C)c3O)CC2)c(=O)n2nc(C3=CCOCC3)nc2n1CC(=O)Nc1ccc(SC(F)(F)F)cc1. The molecule has 258 valence electrons. The maximum atomic E-state index is 14.1. The number of nitrogens with zero attached hydrogens (tertiary/aromatic N) is 8. The molecule has 3 aromatic heterocycles. The Bertz CT molecular complexity index is 1990. The van der Waals surface area contributed by atoms with Gasteiger partial charge in [0.1, 0.15) is 18.6 Å². The monoisotopic (exact) mass is 699 g/mol. The molecule has 18 heteroatoms. The Hall–Kier alpha value is -4.97. The number of carbonyl (C=O) groups is 2. The average Bonchev–Trinajstić information content (AvgIpc) is 3.54. The van der Waals surface area contributed by atoms with E-state index in [1.54, 1.807) is 11.5 Å². The Morgan fingerprint density at radius 2 is 1.84 bits per heavy atom. The fraction of sp³-hybridized carbons (Fsp3) is 0.387. The topological polar surface area (TPSA) is 160 Å². The highest BCUT2D eigenvalue weighted by Crippen LogP contribution is 2.37. The highest BCUT2D eigenvalue weighted by molar-refractivity contribution is 8.00. The fourth-order valence-electron chi connectivity index (χ4n) is 5.79. The highest BCUT2D eigenvalue weighted by Gasteiger charge is 2.31. The number of piperazine rings is 1. The smallest absolute Gasteiger partial charge is 0.446 e. The molecular weight excluding hydrogens is 667 g/mol. The van der Waals surface area contributed by atoms with E-state index in [4.69, 9.17) is 4.74 Å². The molecule has 49 heavy (non-hydrogen) atoms. The largest absolute Gasteiger partial charge is 0.504 e. The van der Waals surface area contributed by atoms with E-state index in [2.05, 4.69) is 25.4 Å². The van der Waals surface area contributed by atoms with E-state index >= 15 is 0 Å². The maximum Gasteiger partial charge on any atom is 0.446 e. The van der Waals surface area contributed by atoms with Crippen molar-refractivity contribution in [3.05, 3.63) is 69.9 Å². The van der Waals surface area contributed by atoms with Crippen LogP contribution in [-0.4, -0.2) is 95.9 Å². The molecule has 2 aliphatic rings. The molecule has 0 saturated carbocycles. The van der Waals surface area contributed by atoms with Crippen molar-refractivity contribution < 1.29 is 32.6 Å². The van der Waals surface area contributed by atoms with Crippen molar-refractivity contribution in [2.24, 2.45) is 0 Å². The summed E-state index contributed by atoms with van der Waals surface area (Å²) in [5, 5.41) is 17.6. The minimum absolute atomic E-state index is 0.0188. The molecule has 1 aromatic carbocycles. The summed E-state index contributed by atoms with van der Waals surface area (Å²) in [5.74, 6) is -0.746. The standard InChI is InChI=1S/C31H32F3N9O5S/c1-3-22-25(40-10-12-41(13-11-40)28(46)24-26(45)18(2)35-17-36-24)29(47)43-30(38-27(39-43)19-8-14-48-15-9-19)42(22)16-23(44)37-20-4-6-21(7-5-20)49-31(32,33)34/h4-8,17,45H,3,9-16H2,1-2H3,(H,37,44). The van der Waals surface area contributed by atoms with Gasteiger partial charge in [-0.15, -0.1) is 5.10 Å². The molecule has 0 unspecified atom stereocenters. The summed E-state index contributed by atoms with van der Waals surface area (Å²) in [6.07, 6.45) is 3.93. The number of fused-ring (bicyclic) bond motifs is 1. The van der Waals surface area contributed by atoms with Crippen LogP contribution >= 0.6 is 11.8 Å². The van der Waals surface area contributed by atoms with Crippen LogP contribution in [0.5, 0.6) is 5.75 Å². The van der Waals surface area contributed by atoms with E-state index in [1.165, 1.54) is 40.0 Å². The van der Waals surface area contributed by atoms with Crippen LogP contribution in [0.3, 0.4) is 0 Å². The molecule has 6 rings (SSSR count). The summed E-state index contributed by atoms with van der Waals surface area (Å²) in [7, 11) is 0. The summed E-state index contributed by atoms with van der Waals surface area (Å²) in [5.41, 5.74) is -2.76. The number of aromatic nitrogens is 6.